The molecule has 3 amide bonds. The van der Waals surface area contributed by atoms with E-state index in [1.807, 2.05) is 0 Å². The molecule has 3 aromatic rings. The molecule has 8 nitrogen and oxygen atoms in total. The maximum absolute atomic E-state index is 14.5. The van der Waals surface area contributed by atoms with Crippen LogP contribution in [0.5, 0.6) is 0 Å². The van der Waals surface area contributed by atoms with Crippen LogP contribution >= 0.6 is 0 Å². The van der Waals surface area contributed by atoms with E-state index in [1.54, 1.807) is 7.05 Å². The molecule has 0 radical (unpaired) electrons. The molecule has 140 valence electrons. The lowest BCUT2D eigenvalue weighted by molar-refractivity contribution is -0.122. The third kappa shape index (κ3) is 2.11. The van der Waals surface area contributed by atoms with E-state index in [9.17, 15) is 18.4 Å². The van der Waals surface area contributed by atoms with Crippen LogP contribution in [-0.2, 0) is 23.8 Å². The Balaban J connectivity index is 1.80. The first-order valence-electron chi connectivity index (χ1n) is 8.38. The van der Waals surface area contributed by atoms with Crippen LogP contribution in [0.2, 0.25) is 0 Å². The predicted molar refractivity (Wildman–Crippen MR) is 90.9 cm³/mol. The van der Waals surface area contributed by atoms with E-state index < -0.39 is 29.1 Å². The molecule has 1 spiro atoms. The van der Waals surface area contributed by atoms with Crippen molar-refractivity contribution in [3.8, 4) is 11.1 Å². The summed E-state index contributed by atoms with van der Waals surface area (Å²) < 4.78 is 28.5. The molecule has 28 heavy (non-hydrogen) atoms. The first-order chi connectivity index (χ1) is 13.4. The number of carbonyl (C=O) groups excluding carboxylic acids is 2. The molecule has 10 heteroatoms. The summed E-state index contributed by atoms with van der Waals surface area (Å²) in [6, 6.07) is 5.73. The predicted octanol–water partition coefficient (Wildman–Crippen LogP) is 1.14. The zero-order chi connectivity index (χ0) is 19.6. The van der Waals surface area contributed by atoms with Gasteiger partial charge in [-0.1, -0.05) is 6.07 Å². The fourth-order valence-corrected chi connectivity index (χ4v) is 4.01. The number of amides is 3. The van der Waals surface area contributed by atoms with Crippen LogP contribution in [0.3, 0.4) is 0 Å². The number of benzene rings is 2. The number of carbonyl (C=O) groups is 2. The lowest BCUT2D eigenvalue weighted by Gasteiger charge is -2.23. The molecule has 5 rings (SSSR count). The largest absolute Gasteiger partial charge is 0.322 e. The summed E-state index contributed by atoms with van der Waals surface area (Å²) in [5, 5.41) is 16.5. The standard InChI is InChI=1S/C18H12F2N6O2/c1-26-24-14(23-25-26)5-8-4-10(20)7-13-15(8)11-3-2-9(19)6-12(11)18(13)16(27)21-17(28)22-18/h2-4,6-7H,5H2,1H3,(H2,21,22,27,28). The molecule has 1 aliphatic heterocycles. The normalized spacial score (nSPS) is 19.5. The Labute approximate surface area is 156 Å². The number of hydrogen-bond acceptors (Lipinski definition) is 5. The van der Waals surface area contributed by atoms with Gasteiger partial charge in [0.1, 0.15) is 11.6 Å². The molecule has 1 saturated heterocycles. The summed E-state index contributed by atoms with van der Waals surface area (Å²) in [7, 11) is 1.61. The Morgan fingerprint density at radius 2 is 1.89 bits per heavy atom. The average molecular weight is 382 g/mol. The van der Waals surface area contributed by atoms with Crippen molar-refractivity contribution >= 4 is 11.9 Å². The number of aromatic nitrogens is 4. The van der Waals surface area contributed by atoms with E-state index in [-0.39, 0.29) is 17.5 Å². The van der Waals surface area contributed by atoms with Crippen LogP contribution in [0.25, 0.3) is 11.1 Å². The van der Waals surface area contributed by atoms with Crippen molar-refractivity contribution in [2.24, 2.45) is 7.05 Å². The highest BCUT2D eigenvalue weighted by atomic mass is 19.1. The van der Waals surface area contributed by atoms with Crippen LogP contribution in [-0.4, -0.2) is 32.1 Å². The maximum atomic E-state index is 14.5. The number of tetrazole rings is 1. The van der Waals surface area contributed by atoms with Crippen LogP contribution in [0, 0.1) is 11.6 Å². The van der Waals surface area contributed by atoms with Crippen LogP contribution in [0.4, 0.5) is 13.6 Å². The summed E-state index contributed by atoms with van der Waals surface area (Å²) in [5.74, 6) is -1.49. The summed E-state index contributed by atoms with van der Waals surface area (Å²) in [5.41, 5.74) is 0.395. The number of fused-ring (bicyclic) bond motifs is 5. The smallest absolute Gasteiger partial charge is 0.316 e. The van der Waals surface area contributed by atoms with Crippen molar-refractivity contribution in [1.82, 2.24) is 30.8 Å². The van der Waals surface area contributed by atoms with Crippen LogP contribution in [0.15, 0.2) is 30.3 Å². The fourth-order valence-electron chi connectivity index (χ4n) is 4.01. The van der Waals surface area contributed by atoms with Gasteiger partial charge in [0.15, 0.2) is 11.4 Å². The molecular weight excluding hydrogens is 370 g/mol. The number of aryl methyl sites for hydroxylation is 1. The zero-order valence-electron chi connectivity index (χ0n) is 14.5. The van der Waals surface area contributed by atoms with E-state index in [0.717, 1.165) is 0 Å². The topological polar surface area (TPSA) is 102 Å². The van der Waals surface area contributed by atoms with Crippen molar-refractivity contribution < 1.29 is 18.4 Å². The first kappa shape index (κ1) is 16.5. The minimum atomic E-state index is -1.68. The maximum Gasteiger partial charge on any atom is 0.322 e. The Bertz CT molecular complexity index is 1190. The number of nitrogens with zero attached hydrogens (tertiary/aromatic N) is 4. The molecule has 1 unspecified atom stereocenters. The Morgan fingerprint density at radius 1 is 1.11 bits per heavy atom. The van der Waals surface area contributed by atoms with Gasteiger partial charge in [-0.15, -0.1) is 10.2 Å². The third-order valence-electron chi connectivity index (χ3n) is 5.01. The molecule has 1 aliphatic carbocycles. The molecule has 0 bridgehead atoms. The second-order valence-corrected chi connectivity index (χ2v) is 6.71. The van der Waals surface area contributed by atoms with Crippen molar-refractivity contribution in [3.63, 3.8) is 0 Å². The van der Waals surface area contributed by atoms with E-state index in [0.29, 0.717) is 22.5 Å². The molecule has 1 fully saturated rings. The fraction of sp³-hybridized carbons (Fsp3) is 0.167. The number of urea groups is 1. The molecule has 1 atom stereocenters. The SMILES string of the molecule is Cn1nnc(Cc2cc(F)cc3c2-c2ccc(F)cc2C32NC(=O)NC2=O)n1. The van der Waals surface area contributed by atoms with Gasteiger partial charge in [-0.25, -0.2) is 13.6 Å². The van der Waals surface area contributed by atoms with E-state index >= 15 is 0 Å². The molecule has 2 aliphatic rings. The number of halogens is 2. The minimum Gasteiger partial charge on any atom is -0.316 e. The Kier molecular flexibility index (Phi) is 3.18. The van der Waals surface area contributed by atoms with Crippen molar-refractivity contribution in [3.05, 3.63) is 64.5 Å². The average Bonchev–Trinajstić information content (AvgIpc) is 3.25. The van der Waals surface area contributed by atoms with Gasteiger partial charge in [0.25, 0.3) is 5.91 Å². The summed E-state index contributed by atoms with van der Waals surface area (Å²) in [4.78, 5) is 26.0. The zero-order valence-corrected chi connectivity index (χ0v) is 14.5. The first-order valence-corrected chi connectivity index (χ1v) is 8.38. The lowest BCUT2D eigenvalue weighted by atomic mass is 9.87. The van der Waals surface area contributed by atoms with Gasteiger partial charge < -0.3 is 5.32 Å². The van der Waals surface area contributed by atoms with Gasteiger partial charge >= 0.3 is 6.03 Å². The summed E-state index contributed by atoms with van der Waals surface area (Å²) in [6.07, 6.45) is 0.149. The summed E-state index contributed by atoms with van der Waals surface area (Å²) in [6.45, 7) is 0. The number of rotatable bonds is 2. The van der Waals surface area contributed by atoms with Crippen molar-refractivity contribution in [2.75, 3.05) is 0 Å². The monoisotopic (exact) mass is 382 g/mol. The van der Waals surface area contributed by atoms with Gasteiger partial charge in [0.05, 0.1) is 7.05 Å². The van der Waals surface area contributed by atoms with Crippen molar-refractivity contribution in [2.45, 2.75) is 12.0 Å². The van der Waals surface area contributed by atoms with Crippen LogP contribution < -0.4 is 10.6 Å². The van der Waals surface area contributed by atoms with E-state index in [4.69, 9.17) is 0 Å². The highest BCUT2D eigenvalue weighted by Crippen LogP contribution is 2.51. The molecule has 2 aromatic carbocycles. The van der Waals surface area contributed by atoms with Gasteiger partial charge in [0.2, 0.25) is 0 Å². The Hall–Kier alpha value is -3.69. The number of nitrogens with one attached hydrogen (secondary N) is 2. The number of imide groups is 1. The van der Waals surface area contributed by atoms with E-state index in [2.05, 4.69) is 26.0 Å². The van der Waals surface area contributed by atoms with Gasteiger partial charge in [-0.3, -0.25) is 10.1 Å². The van der Waals surface area contributed by atoms with E-state index in [1.165, 1.54) is 35.1 Å². The molecule has 0 saturated carbocycles. The second kappa shape index (κ2) is 5.41. The van der Waals surface area contributed by atoms with Crippen LogP contribution in [0.1, 0.15) is 22.5 Å². The second-order valence-electron chi connectivity index (χ2n) is 6.71. The lowest BCUT2D eigenvalue weighted by Crippen LogP contribution is -2.43. The third-order valence-corrected chi connectivity index (χ3v) is 5.01. The molecule has 2 N–H and O–H groups in total. The summed E-state index contributed by atoms with van der Waals surface area (Å²) >= 11 is 0. The molecule has 2 heterocycles. The van der Waals surface area contributed by atoms with Crippen molar-refractivity contribution in [1.29, 1.82) is 0 Å². The minimum absolute atomic E-state index is 0.149. The highest BCUT2D eigenvalue weighted by molar-refractivity contribution is 6.13. The Morgan fingerprint density at radius 3 is 2.57 bits per heavy atom. The van der Waals surface area contributed by atoms with Gasteiger partial charge in [-0.05, 0) is 46.2 Å². The van der Waals surface area contributed by atoms with Gasteiger partial charge in [-0.2, -0.15) is 4.80 Å². The molecular formula is C18H12F2N6O2. The quantitative estimate of drug-likeness (QED) is 0.648. The highest BCUT2D eigenvalue weighted by Gasteiger charge is 2.55. The molecule has 1 aromatic heterocycles. The van der Waals surface area contributed by atoms with Gasteiger partial charge in [0, 0.05) is 17.5 Å². The number of hydrogen-bond donors (Lipinski definition) is 2.